The monoisotopic (exact) mass is 347 g/mol. The van der Waals surface area contributed by atoms with E-state index in [0.29, 0.717) is 6.04 Å². The number of carbonyl (C=O) groups excluding carboxylic acids is 1. The van der Waals surface area contributed by atoms with Crippen molar-refractivity contribution in [3.8, 4) is 0 Å². The van der Waals surface area contributed by atoms with Crippen LogP contribution in [-0.2, 0) is 4.79 Å². The summed E-state index contributed by atoms with van der Waals surface area (Å²) in [4.78, 5) is 19.0. The largest absolute Gasteiger partial charge is 0.353 e. The van der Waals surface area contributed by atoms with Crippen molar-refractivity contribution in [3.63, 3.8) is 0 Å². The molecule has 1 saturated carbocycles. The van der Waals surface area contributed by atoms with Gasteiger partial charge in [0.2, 0.25) is 5.91 Å². The number of likely N-dealkylation sites (N-methyl/N-ethyl adjacent to an activating group) is 2. The van der Waals surface area contributed by atoms with Crippen molar-refractivity contribution >= 4 is 17.7 Å². The Morgan fingerprint density at radius 3 is 2.62 bits per heavy atom. The van der Waals surface area contributed by atoms with E-state index in [1.165, 1.54) is 4.90 Å². The highest BCUT2D eigenvalue weighted by Crippen LogP contribution is 2.45. The highest BCUT2D eigenvalue weighted by atomic mass is 32.2. The number of hydrogen-bond acceptors (Lipinski definition) is 4. The van der Waals surface area contributed by atoms with Gasteiger partial charge < -0.3 is 10.2 Å². The summed E-state index contributed by atoms with van der Waals surface area (Å²) in [5.41, 5.74) is 0. The molecule has 2 fully saturated rings. The molecule has 1 aliphatic carbocycles. The van der Waals surface area contributed by atoms with Gasteiger partial charge in [-0.1, -0.05) is 31.0 Å². The van der Waals surface area contributed by atoms with E-state index in [2.05, 4.69) is 53.5 Å². The number of nitrogens with zero attached hydrogens (tertiary/aromatic N) is 2. The van der Waals surface area contributed by atoms with Gasteiger partial charge >= 0.3 is 0 Å². The molecule has 1 atom stereocenters. The Kier molecular flexibility index (Phi) is 5.85. The van der Waals surface area contributed by atoms with Crippen LogP contribution in [0.3, 0.4) is 0 Å². The number of nitrogens with one attached hydrogen (secondary N) is 1. The van der Waals surface area contributed by atoms with Crippen LogP contribution in [0.1, 0.15) is 25.7 Å². The lowest BCUT2D eigenvalue weighted by atomic mass is 10.1. The van der Waals surface area contributed by atoms with Crippen molar-refractivity contribution in [1.29, 1.82) is 0 Å². The van der Waals surface area contributed by atoms with Gasteiger partial charge in [-0.05, 0) is 39.1 Å². The summed E-state index contributed by atoms with van der Waals surface area (Å²) in [7, 11) is 4.32. The van der Waals surface area contributed by atoms with Crippen molar-refractivity contribution in [2.75, 3.05) is 40.3 Å². The Morgan fingerprint density at radius 2 is 1.92 bits per heavy atom. The minimum Gasteiger partial charge on any atom is -0.353 e. The summed E-state index contributed by atoms with van der Waals surface area (Å²) in [5, 5.41) is 3.28. The van der Waals surface area contributed by atoms with Gasteiger partial charge in [0.1, 0.15) is 0 Å². The molecule has 1 aromatic rings. The van der Waals surface area contributed by atoms with Crippen molar-refractivity contribution in [3.05, 3.63) is 30.3 Å². The fourth-order valence-corrected chi connectivity index (χ4v) is 5.13. The van der Waals surface area contributed by atoms with E-state index in [-0.39, 0.29) is 10.7 Å². The number of piperazine rings is 1. The maximum atomic E-state index is 13.0. The molecule has 0 unspecified atom stereocenters. The molecule has 1 saturated heterocycles. The second kappa shape index (κ2) is 7.89. The Hall–Kier alpha value is -1.04. The molecule has 5 heteroatoms. The molecule has 132 valence electrons. The average molecular weight is 348 g/mol. The number of hydrogen-bond donors (Lipinski definition) is 1. The van der Waals surface area contributed by atoms with Crippen molar-refractivity contribution in [2.24, 2.45) is 0 Å². The van der Waals surface area contributed by atoms with Gasteiger partial charge in [0, 0.05) is 37.1 Å². The minimum atomic E-state index is -0.277. The predicted octanol–water partition coefficient (Wildman–Crippen LogP) is 2.45. The fraction of sp³-hybridized carbons (Fsp3) is 0.632. The molecular formula is C19H29N3OS. The summed E-state index contributed by atoms with van der Waals surface area (Å²) < 4.78 is -0.277. The molecule has 3 rings (SSSR count). The molecule has 1 N–H and O–H groups in total. The molecule has 4 nitrogen and oxygen atoms in total. The molecule has 2 aliphatic rings. The standard InChI is InChI=1S/C19H29N3OS/c1-21-12-13-22(2)16(15-21)14-20-18(23)19(10-6-7-11-19)24-17-8-4-3-5-9-17/h3-5,8-9,16H,6-7,10-15H2,1-2H3,(H,20,23)/t16-/m1/s1. The number of carbonyl (C=O) groups is 1. The molecule has 1 aromatic carbocycles. The molecular weight excluding hydrogens is 318 g/mol. The van der Waals surface area contributed by atoms with Crippen molar-refractivity contribution in [1.82, 2.24) is 15.1 Å². The normalized spacial score (nSPS) is 24.8. The molecule has 24 heavy (non-hydrogen) atoms. The van der Waals surface area contributed by atoms with E-state index in [1.807, 2.05) is 6.07 Å². The number of rotatable bonds is 5. The fourth-order valence-electron chi connectivity index (χ4n) is 3.73. The van der Waals surface area contributed by atoms with Gasteiger partial charge in [-0.15, -0.1) is 11.8 Å². The first-order chi connectivity index (χ1) is 11.6. The van der Waals surface area contributed by atoms with Crippen LogP contribution in [-0.4, -0.2) is 66.8 Å². The zero-order valence-corrected chi connectivity index (χ0v) is 15.6. The van der Waals surface area contributed by atoms with E-state index in [9.17, 15) is 4.79 Å². The van der Waals surface area contributed by atoms with Crippen LogP contribution in [0.5, 0.6) is 0 Å². The molecule has 1 amide bonds. The predicted molar refractivity (Wildman–Crippen MR) is 100 cm³/mol. The lowest BCUT2D eigenvalue weighted by Crippen LogP contribution is -2.56. The van der Waals surface area contributed by atoms with Crippen LogP contribution in [0.15, 0.2) is 35.2 Å². The Balaban J connectivity index is 1.62. The summed E-state index contributed by atoms with van der Waals surface area (Å²) >= 11 is 1.76. The zero-order chi connectivity index (χ0) is 17.0. The van der Waals surface area contributed by atoms with E-state index >= 15 is 0 Å². The average Bonchev–Trinajstić information content (AvgIpc) is 3.06. The second-order valence-corrected chi connectivity index (χ2v) is 8.68. The molecule has 0 radical (unpaired) electrons. The number of benzene rings is 1. The van der Waals surface area contributed by atoms with E-state index < -0.39 is 0 Å². The first-order valence-electron chi connectivity index (χ1n) is 9.00. The molecule has 0 aromatic heterocycles. The summed E-state index contributed by atoms with van der Waals surface area (Å²) in [6, 6.07) is 10.8. The number of amides is 1. The second-order valence-electron chi connectivity index (χ2n) is 7.22. The Bertz CT molecular complexity index is 545. The lowest BCUT2D eigenvalue weighted by Gasteiger charge is -2.38. The lowest BCUT2D eigenvalue weighted by molar-refractivity contribution is -0.123. The van der Waals surface area contributed by atoms with Gasteiger partial charge in [0.05, 0.1) is 4.75 Å². The number of thioether (sulfide) groups is 1. The van der Waals surface area contributed by atoms with Gasteiger partial charge in [-0.25, -0.2) is 0 Å². The highest BCUT2D eigenvalue weighted by Gasteiger charge is 2.42. The van der Waals surface area contributed by atoms with Crippen LogP contribution in [0.2, 0.25) is 0 Å². The van der Waals surface area contributed by atoms with Crippen LogP contribution >= 0.6 is 11.8 Å². The quantitative estimate of drug-likeness (QED) is 0.887. The first-order valence-corrected chi connectivity index (χ1v) is 9.82. The molecule has 1 heterocycles. The SMILES string of the molecule is CN1CCN(C)[C@H](CNC(=O)C2(Sc3ccccc3)CCCC2)C1. The van der Waals surface area contributed by atoms with Crippen LogP contribution < -0.4 is 5.32 Å². The highest BCUT2D eigenvalue weighted by molar-refractivity contribution is 8.01. The van der Waals surface area contributed by atoms with Gasteiger partial charge in [0.15, 0.2) is 0 Å². The van der Waals surface area contributed by atoms with E-state index in [0.717, 1.165) is 51.9 Å². The van der Waals surface area contributed by atoms with Crippen LogP contribution in [0.4, 0.5) is 0 Å². The van der Waals surface area contributed by atoms with Crippen LogP contribution in [0.25, 0.3) is 0 Å². The van der Waals surface area contributed by atoms with Gasteiger partial charge in [-0.2, -0.15) is 0 Å². The first kappa shape index (κ1) is 17.8. The van der Waals surface area contributed by atoms with Gasteiger partial charge in [0.25, 0.3) is 0 Å². The maximum Gasteiger partial charge on any atom is 0.236 e. The zero-order valence-electron chi connectivity index (χ0n) is 14.8. The van der Waals surface area contributed by atoms with Crippen LogP contribution in [0, 0.1) is 0 Å². The third kappa shape index (κ3) is 4.13. The minimum absolute atomic E-state index is 0.232. The topological polar surface area (TPSA) is 35.6 Å². The van der Waals surface area contributed by atoms with Gasteiger partial charge in [-0.3, -0.25) is 9.69 Å². The summed E-state index contributed by atoms with van der Waals surface area (Å²) in [6.45, 7) is 3.95. The smallest absolute Gasteiger partial charge is 0.236 e. The van der Waals surface area contributed by atoms with Crippen molar-refractivity contribution < 1.29 is 4.79 Å². The maximum absolute atomic E-state index is 13.0. The summed E-state index contributed by atoms with van der Waals surface area (Å²) in [6.07, 6.45) is 4.27. The van der Waals surface area contributed by atoms with Crippen molar-refractivity contribution in [2.45, 2.75) is 41.4 Å². The Morgan fingerprint density at radius 1 is 1.21 bits per heavy atom. The third-order valence-electron chi connectivity index (χ3n) is 5.36. The summed E-state index contributed by atoms with van der Waals surface area (Å²) in [5.74, 6) is 0.232. The Labute approximate surface area is 150 Å². The molecule has 0 bridgehead atoms. The molecule has 1 aliphatic heterocycles. The molecule has 0 spiro atoms. The van der Waals surface area contributed by atoms with E-state index in [1.54, 1.807) is 11.8 Å². The third-order valence-corrected chi connectivity index (χ3v) is 6.85. The van der Waals surface area contributed by atoms with E-state index in [4.69, 9.17) is 0 Å².